The van der Waals surface area contributed by atoms with Gasteiger partial charge in [0, 0.05) is 18.3 Å². The van der Waals surface area contributed by atoms with Gasteiger partial charge < -0.3 is 9.42 Å². The Balaban J connectivity index is 2.06. The zero-order valence-electron chi connectivity index (χ0n) is 7.68. The molecule has 0 atom stereocenters. The van der Waals surface area contributed by atoms with Crippen LogP contribution in [0.4, 0.5) is 11.5 Å². The summed E-state index contributed by atoms with van der Waals surface area (Å²) < 4.78 is 4.85. The highest BCUT2D eigenvalue weighted by Crippen LogP contribution is 2.32. The number of hydrogen-bond donors (Lipinski definition) is 0. The first kappa shape index (κ1) is 7.62. The maximum atomic E-state index is 4.85. The second-order valence-corrected chi connectivity index (χ2v) is 3.39. The van der Waals surface area contributed by atoms with Crippen LogP contribution in [0.25, 0.3) is 0 Å². The molecule has 2 aromatic rings. The largest absolute Gasteiger partial charge is 0.363 e. The molecule has 0 saturated heterocycles. The van der Waals surface area contributed by atoms with E-state index >= 15 is 0 Å². The maximum absolute atomic E-state index is 4.85. The first-order valence-corrected chi connectivity index (χ1v) is 4.71. The zero-order chi connectivity index (χ0) is 9.38. The number of anilines is 2. The van der Waals surface area contributed by atoms with Crippen LogP contribution < -0.4 is 4.90 Å². The molecule has 0 bridgehead atoms. The smallest absolute Gasteiger partial charge is 0.176 e. The van der Waals surface area contributed by atoms with Crippen molar-refractivity contribution in [2.45, 2.75) is 6.42 Å². The number of benzene rings is 1. The molecule has 0 radical (unpaired) electrons. The molecular formula is C11H10N2O. The van der Waals surface area contributed by atoms with Gasteiger partial charge >= 0.3 is 0 Å². The summed E-state index contributed by atoms with van der Waals surface area (Å²) >= 11 is 0. The zero-order valence-corrected chi connectivity index (χ0v) is 7.68. The van der Waals surface area contributed by atoms with Crippen LogP contribution in [0.15, 0.2) is 41.1 Å². The highest BCUT2D eigenvalue weighted by atomic mass is 16.5. The van der Waals surface area contributed by atoms with Crippen molar-refractivity contribution in [2.75, 3.05) is 11.4 Å². The van der Waals surface area contributed by atoms with Gasteiger partial charge in [-0.1, -0.05) is 23.4 Å². The van der Waals surface area contributed by atoms with Gasteiger partial charge in [0.1, 0.15) is 6.26 Å². The molecule has 14 heavy (non-hydrogen) atoms. The Morgan fingerprint density at radius 2 is 2.14 bits per heavy atom. The first-order valence-electron chi connectivity index (χ1n) is 4.71. The lowest BCUT2D eigenvalue weighted by molar-refractivity contribution is 0.420. The second-order valence-electron chi connectivity index (χ2n) is 3.39. The Hall–Kier alpha value is -1.77. The third-order valence-corrected chi connectivity index (χ3v) is 2.59. The fraction of sp³-hybridized carbons (Fsp3) is 0.182. The molecule has 0 N–H and O–H groups in total. The average Bonchev–Trinajstić information content (AvgIpc) is 2.85. The Morgan fingerprint density at radius 3 is 3.00 bits per heavy atom. The van der Waals surface area contributed by atoms with Crippen LogP contribution >= 0.6 is 0 Å². The molecule has 1 aliphatic rings. The maximum Gasteiger partial charge on any atom is 0.176 e. The van der Waals surface area contributed by atoms with Crippen LogP contribution in [0.2, 0.25) is 0 Å². The lowest BCUT2D eigenvalue weighted by atomic mass is 10.2. The average molecular weight is 186 g/mol. The highest BCUT2D eigenvalue weighted by Gasteiger charge is 2.20. The van der Waals surface area contributed by atoms with Crippen LogP contribution in [0, 0.1) is 0 Å². The van der Waals surface area contributed by atoms with Crippen LogP contribution in [-0.2, 0) is 6.42 Å². The standard InChI is InChI=1S/C11H10N2O/c1-2-4-10-9(3-1)5-7-13(10)11-6-8-14-12-11/h1-4,6,8H,5,7H2. The molecule has 70 valence electrons. The topological polar surface area (TPSA) is 29.3 Å². The van der Waals surface area contributed by atoms with Crippen molar-refractivity contribution in [1.29, 1.82) is 0 Å². The summed E-state index contributed by atoms with van der Waals surface area (Å²) in [7, 11) is 0. The molecule has 3 heteroatoms. The van der Waals surface area contributed by atoms with E-state index in [2.05, 4.69) is 34.3 Å². The van der Waals surface area contributed by atoms with Gasteiger partial charge in [0.15, 0.2) is 5.82 Å². The molecular weight excluding hydrogens is 176 g/mol. The Bertz CT molecular complexity index is 436. The SMILES string of the molecule is c1ccc2c(c1)CCN2c1ccon1. The van der Waals surface area contributed by atoms with E-state index in [4.69, 9.17) is 4.52 Å². The summed E-state index contributed by atoms with van der Waals surface area (Å²) in [5, 5.41) is 3.95. The van der Waals surface area contributed by atoms with Crippen molar-refractivity contribution in [3.05, 3.63) is 42.2 Å². The van der Waals surface area contributed by atoms with Crippen LogP contribution in [-0.4, -0.2) is 11.7 Å². The summed E-state index contributed by atoms with van der Waals surface area (Å²) in [5.41, 5.74) is 2.64. The third kappa shape index (κ3) is 1.02. The summed E-state index contributed by atoms with van der Waals surface area (Å²) in [6.07, 6.45) is 2.69. The van der Waals surface area contributed by atoms with E-state index in [-0.39, 0.29) is 0 Å². The molecule has 1 aromatic carbocycles. The molecule has 1 aromatic heterocycles. The van der Waals surface area contributed by atoms with Crippen molar-refractivity contribution < 1.29 is 4.52 Å². The predicted octanol–water partition coefficient (Wildman–Crippen LogP) is 2.37. The van der Waals surface area contributed by atoms with Crippen molar-refractivity contribution in [2.24, 2.45) is 0 Å². The minimum Gasteiger partial charge on any atom is -0.363 e. The monoisotopic (exact) mass is 186 g/mol. The molecule has 0 unspecified atom stereocenters. The normalized spacial score (nSPS) is 14.4. The molecule has 1 aliphatic heterocycles. The summed E-state index contributed by atoms with van der Waals surface area (Å²) in [6.45, 7) is 0.992. The number of para-hydroxylation sites is 1. The fourth-order valence-electron chi connectivity index (χ4n) is 1.92. The highest BCUT2D eigenvalue weighted by molar-refractivity contribution is 5.66. The predicted molar refractivity (Wildman–Crippen MR) is 53.7 cm³/mol. The Kier molecular flexibility index (Phi) is 1.56. The van der Waals surface area contributed by atoms with Crippen molar-refractivity contribution >= 4 is 11.5 Å². The van der Waals surface area contributed by atoms with Crippen molar-refractivity contribution in [3.63, 3.8) is 0 Å². The Labute approximate surface area is 81.9 Å². The molecule has 0 aliphatic carbocycles. The second kappa shape index (κ2) is 2.87. The molecule has 0 spiro atoms. The molecule has 0 saturated carbocycles. The summed E-state index contributed by atoms with van der Waals surface area (Å²) in [6, 6.07) is 10.3. The summed E-state index contributed by atoms with van der Waals surface area (Å²) in [4.78, 5) is 2.18. The summed E-state index contributed by atoms with van der Waals surface area (Å²) in [5.74, 6) is 0.898. The minimum absolute atomic E-state index is 0.898. The Morgan fingerprint density at radius 1 is 1.21 bits per heavy atom. The first-order chi connectivity index (χ1) is 6.95. The molecule has 0 amide bonds. The van der Waals surface area contributed by atoms with E-state index in [1.54, 1.807) is 6.26 Å². The van der Waals surface area contributed by atoms with Gasteiger partial charge in [-0.05, 0) is 18.1 Å². The van der Waals surface area contributed by atoms with Gasteiger partial charge in [-0.15, -0.1) is 0 Å². The number of nitrogens with zero attached hydrogens (tertiary/aromatic N) is 2. The van der Waals surface area contributed by atoms with Crippen LogP contribution in [0.1, 0.15) is 5.56 Å². The lowest BCUT2D eigenvalue weighted by Gasteiger charge is -2.14. The third-order valence-electron chi connectivity index (χ3n) is 2.59. The van der Waals surface area contributed by atoms with Gasteiger partial charge in [0.25, 0.3) is 0 Å². The molecule has 3 rings (SSSR count). The lowest BCUT2D eigenvalue weighted by Crippen LogP contribution is -2.13. The number of rotatable bonds is 1. The molecule has 0 fully saturated rings. The van der Waals surface area contributed by atoms with E-state index in [0.717, 1.165) is 18.8 Å². The van der Waals surface area contributed by atoms with Gasteiger partial charge in [-0.25, -0.2) is 0 Å². The molecule has 2 heterocycles. The van der Waals surface area contributed by atoms with E-state index in [9.17, 15) is 0 Å². The molecule has 3 nitrogen and oxygen atoms in total. The minimum atomic E-state index is 0.898. The van der Waals surface area contributed by atoms with Crippen LogP contribution in [0.5, 0.6) is 0 Å². The fourth-order valence-corrected chi connectivity index (χ4v) is 1.92. The van der Waals surface area contributed by atoms with E-state index in [1.807, 2.05) is 6.07 Å². The van der Waals surface area contributed by atoms with E-state index in [0.29, 0.717) is 0 Å². The quantitative estimate of drug-likeness (QED) is 0.684. The van der Waals surface area contributed by atoms with Gasteiger partial charge in [-0.3, -0.25) is 0 Å². The number of fused-ring (bicyclic) bond motifs is 1. The van der Waals surface area contributed by atoms with Crippen molar-refractivity contribution in [3.8, 4) is 0 Å². The van der Waals surface area contributed by atoms with Gasteiger partial charge in [0.05, 0.1) is 0 Å². The van der Waals surface area contributed by atoms with Gasteiger partial charge in [0.2, 0.25) is 0 Å². The van der Waals surface area contributed by atoms with E-state index < -0.39 is 0 Å². The van der Waals surface area contributed by atoms with Crippen molar-refractivity contribution in [1.82, 2.24) is 5.16 Å². The van der Waals surface area contributed by atoms with Gasteiger partial charge in [-0.2, -0.15) is 0 Å². The van der Waals surface area contributed by atoms with E-state index in [1.165, 1.54) is 11.3 Å². The number of hydrogen-bond acceptors (Lipinski definition) is 3. The number of aromatic nitrogens is 1. The van der Waals surface area contributed by atoms with Crippen LogP contribution in [0.3, 0.4) is 0 Å².